The van der Waals surface area contributed by atoms with Crippen LogP contribution in [0.25, 0.3) is 6.08 Å². The molecule has 0 atom stereocenters. The SMILES string of the molecule is COc1ccc(/C=C2/Oc3c(ccc4c3CN(C3CCCCC3)CO4)C2=O)cc1OC. The fourth-order valence-corrected chi connectivity index (χ4v) is 4.75. The maximum absolute atomic E-state index is 13.0. The van der Waals surface area contributed by atoms with Crippen LogP contribution in [0.3, 0.4) is 0 Å². The molecule has 1 aliphatic carbocycles. The molecule has 2 aliphatic heterocycles. The van der Waals surface area contributed by atoms with Gasteiger partial charge in [0.1, 0.15) is 18.2 Å². The first-order chi connectivity index (χ1) is 15.2. The summed E-state index contributed by atoms with van der Waals surface area (Å²) in [5, 5.41) is 0. The molecule has 0 N–H and O–H groups in total. The molecule has 0 unspecified atom stereocenters. The predicted octanol–water partition coefficient (Wildman–Crippen LogP) is 4.80. The Labute approximate surface area is 182 Å². The van der Waals surface area contributed by atoms with Gasteiger partial charge in [0.25, 0.3) is 0 Å². The molecule has 1 fully saturated rings. The molecule has 3 aliphatic rings. The Morgan fingerprint density at radius 1 is 1.03 bits per heavy atom. The van der Waals surface area contributed by atoms with Gasteiger partial charge in [0, 0.05) is 12.6 Å². The standard InChI is InChI=1S/C25H27NO5/c1-28-21-10-8-16(12-22(21)29-2)13-23-24(27)18-9-11-20-19(25(18)31-23)14-26(15-30-20)17-6-4-3-5-7-17/h8-13,17H,3-7,14-15H2,1-2H3/b23-13+. The van der Waals surface area contributed by atoms with Crippen molar-refractivity contribution in [1.29, 1.82) is 0 Å². The van der Waals surface area contributed by atoms with Crippen molar-refractivity contribution in [2.75, 3.05) is 21.0 Å². The third-order valence-electron chi connectivity index (χ3n) is 6.44. The van der Waals surface area contributed by atoms with Crippen LogP contribution < -0.4 is 18.9 Å². The number of hydrogen-bond donors (Lipinski definition) is 0. The number of nitrogens with zero attached hydrogens (tertiary/aromatic N) is 1. The molecule has 0 spiro atoms. The Bertz CT molecular complexity index is 1040. The Morgan fingerprint density at radius 3 is 2.61 bits per heavy atom. The van der Waals surface area contributed by atoms with Gasteiger partial charge in [-0.15, -0.1) is 0 Å². The van der Waals surface area contributed by atoms with E-state index in [0.29, 0.717) is 41.3 Å². The number of fused-ring (bicyclic) bond motifs is 3. The molecular weight excluding hydrogens is 394 g/mol. The van der Waals surface area contributed by atoms with Crippen LogP contribution in [0, 0.1) is 0 Å². The van der Waals surface area contributed by atoms with E-state index in [9.17, 15) is 4.79 Å². The van der Waals surface area contributed by atoms with Crippen molar-refractivity contribution in [2.45, 2.75) is 44.7 Å². The highest BCUT2D eigenvalue weighted by Crippen LogP contribution is 2.43. The van der Waals surface area contributed by atoms with E-state index < -0.39 is 0 Å². The molecule has 31 heavy (non-hydrogen) atoms. The van der Waals surface area contributed by atoms with Crippen LogP contribution in [-0.2, 0) is 6.54 Å². The number of methoxy groups -OCH3 is 2. The number of hydrogen-bond acceptors (Lipinski definition) is 6. The smallest absolute Gasteiger partial charge is 0.231 e. The van der Waals surface area contributed by atoms with E-state index in [0.717, 1.165) is 23.4 Å². The summed E-state index contributed by atoms with van der Waals surface area (Å²) >= 11 is 0. The molecule has 1 saturated carbocycles. The van der Waals surface area contributed by atoms with Crippen LogP contribution >= 0.6 is 0 Å². The minimum Gasteiger partial charge on any atom is -0.493 e. The van der Waals surface area contributed by atoms with Gasteiger partial charge in [-0.25, -0.2) is 0 Å². The highest BCUT2D eigenvalue weighted by atomic mass is 16.5. The zero-order chi connectivity index (χ0) is 21.4. The van der Waals surface area contributed by atoms with Crippen molar-refractivity contribution < 1.29 is 23.7 Å². The van der Waals surface area contributed by atoms with Crippen LogP contribution in [0.2, 0.25) is 0 Å². The topological polar surface area (TPSA) is 57.2 Å². The van der Waals surface area contributed by atoms with Gasteiger partial charge in [0.15, 0.2) is 17.3 Å². The summed E-state index contributed by atoms with van der Waals surface area (Å²) in [6.07, 6.45) is 8.02. The van der Waals surface area contributed by atoms with Crippen molar-refractivity contribution in [1.82, 2.24) is 4.90 Å². The Hall–Kier alpha value is -2.99. The van der Waals surface area contributed by atoms with Crippen LogP contribution in [-0.4, -0.2) is 37.7 Å². The lowest BCUT2D eigenvalue weighted by molar-refractivity contribution is 0.0394. The van der Waals surface area contributed by atoms with E-state index in [2.05, 4.69) is 4.90 Å². The molecule has 0 amide bonds. The number of Topliss-reactive ketones (excluding diaryl/α,β-unsaturated/α-hetero) is 1. The van der Waals surface area contributed by atoms with E-state index in [1.54, 1.807) is 20.3 Å². The third-order valence-corrected chi connectivity index (χ3v) is 6.44. The molecule has 2 aromatic carbocycles. The minimum atomic E-state index is -0.109. The second kappa shape index (κ2) is 8.27. The van der Waals surface area contributed by atoms with Crippen LogP contribution in [0.15, 0.2) is 36.1 Å². The van der Waals surface area contributed by atoms with Gasteiger partial charge >= 0.3 is 0 Å². The molecule has 0 bridgehead atoms. The zero-order valence-electron chi connectivity index (χ0n) is 18.0. The van der Waals surface area contributed by atoms with E-state index in [-0.39, 0.29) is 5.78 Å². The highest BCUT2D eigenvalue weighted by molar-refractivity contribution is 6.15. The summed E-state index contributed by atoms with van der Waals surface area (Å²) in [6.45, 7) is 1.35. The van der Waals surface area contributed by atoms with Crippen LogP contribution in [0.4, 0.5) is 0 Å². The van der Waals surface area contributed by atoms with Crippen molar-refractivity contribution in [3.05, 3.63) is 52.8 Å². The van der Waals surface area contributed by atoms with E-state index in [1.165, 1.54) is 32.1 Å². The van der Waals surface area contributed by atoms with Crippen molar-refractivity contribution in [3.63, 3.8) is 0 Å². The average Bonchev–Trinajstić information content (AvgIpc) is 3.14. The maximum Gasteiger partial charge on any atom is 0.231 e. The van der Waals surface area contributed by atoms with Crippen LogP contribution in [0.1, 0.15) is 53.6 Å². The monoisotopic (exact) mass is 421 g/mol. The Morgan fingerprint density at radius 2 is 1.84 bits per heavy atom. The molecule has 2 heterocycles. The lowest BCUT2D eigenvalue weighted by atomic mass is 9.93. The number of carbonyl (C=O) groups is 1. The minimum absolute atomic E-state index is 0.109. The van der Waals surface area contributed by atoms with Gasteiger partial charge < -0.3 is 18.9 Å². The number of ketones is 1. The summed E-state index contributed by atoms with van der Waals surface area (Å²) in [5.41, 5.74) is 2.38. The second-order valence-electron chi connectivity index (χ2n) is 8.29. The van der Waals surface area contributed by atoms with E-state index >= 15 is 0 Å². The lowest BCUT2D eigenvalue weighted by Gasteiger charge is -2.37. The summed E-state index contributed by atoms with van der Waals surface area (Å²) < 4.78 is 22.8. The van der Waals surface area contributed by atoms with E-state index in [4.69, 9.17) is 18.9 Å². The average molecular weight is 421 g/mol. The Kier molecular flexibility index (Phi) is 5.32. The Balaban J connectivity index is 1.43. The molecule has 6 heteroatoms. The van der Waals surface area contributed by atoms with Gasteiger partial charge in [-0.05, 0) is 48.7 Å². The summed E-state index contributed by atoms with van der Waals surface area (Å²) in [4.78, 5) is 15.4. The van der Waals surface area contributed by atoms with E-state index in [1.807, 2.05) is 30.3 Å². The molecule has 6 nitrogen and oxygen atoms in total. The molecular formula is C25H27NO5. The number of carbonyl (C=O) groups excluding carboxylic acids is 1. The second-order valence-corrected chi connectivity index (χ2v) is 8.29. The number of ether oxygens (including phenoxy) is 4. The molecule has 5 rings (SSSR count). The summed E-state index contributed by atoms with van der Waals surface area (Å²) in [7, 11) is 3.18. The first-order valence-electron chi connectivity index (χ1n) is 10.9. The number of allylic oxidation sites excluding steroid dienone is 1. The highest BCUT2D eigenvalue weighted by Gasteiger charge is 2.35. The molecule has 2 aromatic rings. The summed E-state index contributed by atoms with van der Waals surface area (Å²) in [5.74, 6) is 2.89. The molecule has 0 aromatic heterocycles. The van der Waals surface area contributed by atoms with Crippen molar-refractivity contribution in [2.24, 2.45) is 0 Å². The third kappa shape index (κ3) is 3.65. The van der Waals surface area contributed by atoms with Gasteiger partial charge in [-0.3, -0.25) is 9.69 Å². The summed E-state index contributed by atoms with van der Waals surface area (Å²) in [6, 6.07) is 9.76. The fraction of sp³-hybridized carbons (Fsp3) is 0.400. The predicted molar refractivity (Wildman–Crippen MR) is 117 cm³/mol. The lowest BCUT2D eigenvalue weighted by Crippen LogP contribution is -2.41. The number of benzene rings is 2. The van der Waals surface area contributed by atoms with Crippen LogP contribution in [0.5, 0.6) is 23.0 Å². The molecule has 162 valence electrons. The van der Waals surface area contributed by atoms with Gasteiger partial charge in [-0.2, -0.15) is 0 Å². The quantitative estimate of drug-likeness (QED) is 0.661. The van der Waals surface area contributed by atoms with Crippen molar-refractivity contribution >= 4 is 11.9 Å². The molecule has 0 saturated heterocycles. The normalized spacial score (nSPS) is 20.1. The first-order valence-corrected chi connectivity index (χ1v) is 10.9. The van der Waals surface area contributed by atoms with Crippen molar-refractivity contribution in [3.8, 4) is 23.0 Å². The largest absolute Gasteiger partial charge is 0.493 e. The zero-order valence-corrected chi connectivity index (χ0v) is 18.0. The van der Waals surface area contributed by atoms with Gasteiger partial charge in [0.2, 0.25) is 5.78 Å². The van der Waals surface area contributed by atoms with Gasteiger partial charge in [-0.1, -0.05) is 25.3 Å². The number of rotatable bonds is 4. The van der Waals surface area contributed by atoms with Gasteiger partial charge in [0.05, 0.1) is 25.3 Å². The molecule has 0 radical (unpaired) electrons. The fourth-order valence-electron chi connectivity index (χ4n) is 4.75. The first kappa shape index (κ1) is 19.9. The maximum atomic E-state index is 13.0.